The third-order valence-corrected chi connectivity index (χ3v) is 2.72. The van der Waals surface area contributed by atoms with Crippen LogP contribution in [-0.2, 0) is 4.79 Å². The predicted molar refractivity (Wildman–Crippen MR) is 59.1 cm³/mol. The average Bonchev–Trinajstić information content (AvgIpc) is 2.04. The summed E-state index contributed by atoms with van der Waals surface area (Å²) in [6.45, 7) is 11.0. The van der Waals surface area contributed by atoms with Crippen molar-refractivity contribution in [3.05, 3.63) is 12.2 Å². The lowest BCUT2D eigenvalue weighted by molar-refractivity contribution is -0.132. The lowest BCUT2D eigenvalue weighted by Crippen LogP contribution is -2.47. The maximum Gasteiger partial charge on any atom is 0.249 e. The molecule has 14 heavy (non-hydrogen) atoms. The Kier molecular flexibility index (Phi) is 3.35. The van der Waals surface area contributed by atoms with Crippen molar-refractivity contribution in [1.82, 2.24) is 4.90 Å². The maximum absolute atomic E-state index is 12.0. The molecule has 0 spiro atoms. The number of likely N-dealkylation sites (tertiary alicyclic amines) is 1. The summed E-state index contributed by atoms with van der Waals surface area (Å²) in [6.07, 6.45) is 4.31. The van der Waals surface area contributed by atoms with E-state index in [9.17, 15) is 4.79 Å². The molecule has 0 aromatic heterocycles. The minimum atomic E-state index is -0.0721. The van der Waals surface area contributed by atoms with Gasteiger partial charge in [-0.15, -0.1) is 0 Å². The second-order valence-corrected chi connectivity index (χ2v) is 5.04. The molecule has 1 fully saturated rings. The van der Waals surface area contributed by atoms with Crippen LogP contribution >= 0.6 is 0 Å². The molecular formula is C12H21NO. The summed E-state index contributed by atoms with van der Waals surface area (Å²) in [7, 11) is 0. The van der Waals surface area contributed by atoms with E-state index in [0.29, 0.717) is 0 Å². The summed E-state index contributed by atoms with van der Waals surface area (Å²) >= 11 is 0. The van der Waals surface area contributed by atoms with Crippen molar-refractivity contribution in [1.29, 1.82) is 0 Å². The molecule has 1 rings (SSSR count). The van der Waals surface area contributed by atoms with Gasteiger partial charge in [-0.05, 0) is 40.0 Å². The first-order chi connectivity index (χ1) is 6.43. The molecule has 0 radical (unpaired) electrons. The highest BCUT2D eigenvalue weighted by Gasteiger charge is 2.28. The van der Waals surface area contributed by atoms with Gasteiger partial charge in [0.05, 0.1) is 0 Å². The first-order valence-corrected chi connectivity index (χ1v) is 5.42. The molecule has 1 aliphatic rings. The van der Waals surface area contributed by atoms with E-state index >= 15 is 0 Å². The fourth-order valence-corrected chi connectivity index (χ4v) is 1.82. The van der Waals surface area contributed by atoms with Crippen molar-refractivity contribution in [3.8, 4) is 0 Å². The van der Waals surface area contributed by atoms with Gasteiger partial charge in [0, 0.05) is 17.7 Å². The molecule has 80 valence electrons. The largest absolute Gasteiger partial charge is 0.334 e. The number of nitrogens with zero attached hydrogens (tertiary/aromatic N) is 1. The minimum absolute atomic E-state index is 0.0721. The lowest BCUT2D eigenvalue weighted by atomic mass is 9.98. The molecular weight excluding hydrogens is 174 g/mol. The van der Waals surface area contributed by atoms with Crippen LogP contribution < -0.4 is 0 Å². The summed E-state index contributed by atoms with van der Waals surface area (Å²) in [4.78, 5) is 13.9. The SMILES string of the molecule is C=C1CCCCCN(C(C)(C)C)C1=O. The molecule has 2 heteroatoms. The molecule has 0 unspecified atom stereocenters. The van der Waals surface area contributed by atoms with Crippen LogP contribution in [0.4, 0.5) is 0 Å². The van der Waals surface area contributed by atoms with E-state index in [1.807, 2.05) is 4.90 Å². The Hall–Kier alpha value is -0.790. The molecule has 1 amide bonds. The van der Waals surface area contributed by atoms with Crippen LogP contribution in [0.5, 0.6) is 0 Å². The highest BCUT2D eigenvalue weighted by Crippen LogP contribution is 2.22. The van der Waals surface area contributed by atoms with E-state index < -0.39 is 0 Å². The summed E-state index contributed by atoms with van der Waals surface area (Å²) in [5, 5.41) is 0. The zero-order chi connectivity index (χ0) is 10.8. The molecule has 0 saturated carbocycles. The van der Waals surface area contributed by atoms with Crippen LogP contribution in [0, 0.1) is 0 Å². The normalized spacial score (nSPS) is 20.6. The van der Waals surface area contributed by atoms with Gasteiger partial charge in [-0.25, -0.2) is 0 Å². The maximum atomic E-state index is 12.0. The number of rotatable bonds is 0. The van der Waals surface area contributed by atoms with E-state index in [1.165, 1.54) is 6.42 Å². The van der Waals surface area contributed by atoms with Gasteiger partial charge >= 0.3 is 0 Å². The standard InChI is InChI=1S/C12H21NO/c1-10-8-6-5-7-9-13(11(10)14)12(2,3)4/h1,5-9H2,2-4H3. The van der Waals surface area contributed by atoms with E-state index in [2.05, 4.69) is 27.4 Å². The Morgan fingerprint density at radius 2 is 1.86 bits per heavy atom. The van der Waals surface area contributed by atoms with E-state index in [4.69, 9.17) is 0 Å². The quantitative estimate of drug-likeness (QED) is 0.544. The zero-order valence-corrected chi connectivity index (χ0v) is 9.60. The fourth-order valence-electron chi connectivity index (χ4n) is 1.82. The van der Waals surface area contributed by atoms with Crippen LogP contribution in [0.25, 0.3) is 0 Å². The Bertz CT molecular complexity index is 237. The Labute approximate surface area is 87.0 Å². The zero-order valence-electron chi connectivity index (χ0n) is 9.60. The van der Waals surface area contributed by atoms with Crippen molar-refractivity contribution in [2.45, 2.75) is 52.0 Å². The summed E-state index contributed by atoms with van der Waals surface area (Å²) < 4.78 is 0. The second kappa shape index (κ2) is 4.16. The number of carbonyl (C=O) groups excluding carboxylic acids is 1. The smallest absolute Gasteiger partial charge is 0.249 e. The third kappa shape index (κ3) is 2.60. The topological polar surface area (TPSA) is 20.3 Å². The molecule has 1 heterocycles. The monoisotopic (exact) mass is 195 g/mol. The molecule has 1 aliphatic heterocycles. The fraction of sp³-hybridized carbons (Fsp3) is 0.750. The number of hydrogen-bond acceptors (Lipinski definition) is 1. The Balaban J connectivity index is 2.79. The van der Waals surface area contributed by atoms with Gasteiger partial charge in [-0.2, -0.15) is 0 Å². The van der Waals surface area contributed by atoms with Crippen molar-refractivity contribution in [2.75, 3.05) is 6.54 Å². The lowest BCUT2D eigenvalue weighted by Gasteiger charge is -2.37. The predicted octanol–water partition coefficient (Wildman–Crippen LogP) is 2.74. The summed E-state index contributed by atoms with van der Waals surface area (Å²) in [5.74, 6) is 0.150. The first-order valence-electron chi connectivity index (χ1n) is 5.42. The van der Waals surface area contributed by atoms with Crippen LogP contribution in [0.1, 0.15) is 46.5 Å². The van der Waals surface area contributed by atoms with Gasteiger partial charge in [-0.3, -0.25) is 4.79 Å². The van der Waals surface area contributed by atoms with Crippen molar-refractivity contribution >= 4 is 5.91 Å². The van der Waals surface area contributed by atoms with Crippen molar-refractivity contribution < 1.29 is 4.79 Å². The third-order valence-electron chi connectivity index (χ3n) is 2.72. The van der Waals surface area contributed by atoms with Gasteiger partial charge in [0.2, 0.25) is 5.91 Å². The van der Waals surface area contributed by atoms with Gasteiger partial charge in [0.25, 0.3) is 0 Å². The van der Waals surface area contributed by atoms with E-state index in [1.54, 1.807) is 0 Å². The van der Waals surface area contributed by atoms with Crippen molar-refractivity contribution in [3.63, 3.8) is 0 Å². The van der Waals surface area contributed by atoms with Crippen LogP contribution in [-0.4, -0.2) is 22.9 Å². The molecule has 0 N–H and O–H groups in total. The molecule has 0 aromatic rings. The Morgan fingerprint density at radius 3 is 2.43 bits per heavy atom. The van der Waals surface area contributed by atoms with Crippen molar-refractivity contribution in [2.24, 2.45) is 0 Å². The molecule has 0 aromatic carbocycles. The molecule has 0 aliphatic carbocycles. The minimum Gasteiger partial charge on any atom is -0.334 e. The van der Waals surface area contributed by atoms with Gasteiger partial charge < -0.3 is 4.90 Å². The number of hydrogen-bond donors (Lipinski definition) is 0. The van der Waals surface area contributed by atoms with Crippen LogP contribution in [0.2, 0.25) is 0 Å². The number of carbonyl (C=O) groups is 1. The van der Waals surface area contributed by atoms with Crippen LogP contribution in [0.15, 0.2) is 12.2 Å². The first kappa shape index (κ1) is 11.3. The second-order valence-electron chi connectivity index (χ2n) is 5.04. The van der Waals surface area contributed by atoms with Crippen LogP contribution in [0.3, 0.4) is 0 Å². The molecule has 0 bridgehead atoms. The molecule has 2 nitrogen and oxygen atoms in total. The average molecular weight is 195 g/mol. The Morgan fingerprint density at radius 1 is 1.21 bits per heavy atom. The van der Waals surface area contributed by atoms with E-state index in [0.717, 1.165) is 31.4 Å². The summed E-state index contributed by atoms with van der Waals surface area (Å²) in [6, 6.07) is 0. The molecule has 0 atom stereocenters. The molecule has 1 saturated heterocycles. The highest BCUT2D eigenvalue weighted by molar-refractivity contribution is 5.93. The van der Waals surface area contributed by atoms with E-state index in [-0.39, 0.29) is 11.4 Å². The summed E-state index contributed by atoms with van der Waals surface area (Å²) in [5.41, 5.74) is 0.705. The van der Waals surface area contributed by atoms with Gasteiger partial charge in [0.15, 0.2) is 0 Å². The number of amides is 1. The van der Waals surface area contributed by atoms with Gasteiger partial charge in [-0.1, -0.05) is 13.0 Å². The van der Waals surface area contributed by atoms with Gasteiger partial charge in [0.1, 0.15) is 0 Å². The highest BCUT2D eigenvalue weighted by atomic mass is 16.2.